The van der Waals surface area contributed by atoms with Crippen molar-refractivity contribution in [3.05, 3.63) is 300 Å². The maximum absolute atomic E-state index is 2.47. The van der Waals surface area contributed by atoms with E-state index in [4.69, 9.17) is 0 Å². The van der Waals surface area contributed by atoms with Gasteiger partial charge in [-0.05, 0) is 192 Å². The summed E-state index contributed by atoms with van der Waals surface area (Å²) < 4.78 is 4.77. The number of fused-ring (bicyclic) bond motifs is 12. The smallest absolute Gasteiger partial charge is 0.0541 e. The fourth-order valence-electron chi connectivity index (χ4n) is 14.1. The van der Waals surface area contributed by atoms with Crippen molar-refractivity contribution in [1.82, 2.24) is 9.13 Å². The van der Waals surface area contributed by atoms with Gasteiger partial charge in [0.05, 0.1) is 22.1 Å². The summed E-state index contributed by atoms with van der Waals surface area (Å²) in [7, 11) is 0. The van der Waals surface area contributed by atoms with Crippen molar-refractivity contribution < 1.29 is 0 Å². The van der Waals surface area contributed by atoms with Crippen LogP contribution in [0.25, 0.3) is 134 Å². The summed E-state index contributed by atoms with van der Waals surface area (Å²) in [6.07, 6.45) is 4.43. The van der Waals surface area contributed by atoms with Crippen molar-refractivity contribution in [3.63, 3.8) is 0 Å². The van der Waals surface area contributed by atoms with Crippen molar-refractivity contribution in [2.75, 3.05) is 0 Å². The number of aromatic nitrogens is 2. The van der Waals surface area contributed by atoms with Crippen LogP contribution in [-0.4, -0.2) is 9.13 Å². The van der Waals surface area contributed by atoms with Crippen molar-refractivity contribution in [1.29, 1.82) is 0 Å². The van der Waals surface area contributed by atoms with E-state index >= 15 is 0 Å². The predicted octanol–water partition coefficient (Wildman–Crippen LogP) is 21.6. The molecule has 0 amide bonds. The van der Waals surface area contributed by atoms with E-state index in [1.165, 1.54) is 161 Å². The molecule has 2 aromatic heterocycles. The third kappa shape index (κ3) is 7.77. The molecule has 16 rings (SSSR count). The van der Waals surface area contributed by atoms with E-state index in [-0.39, 0.29) is 10.8 Å². The van der Waals surface area contributed by atoms with Gasteiger partial charge >= 0.3 is 0 Å². The lowest BCUT2D eigenvalue weighted by Crippen LogP contribution is -2.15. The van der Waals surface area contributed by atoms with Gasteiger partial charge in [0.25, 0.3) is 0 Å². The first-order valence-corrected chi connectivity index (χ1v) is 29.2. The topological polar surface area (TPSA) is 9.86 Å². The van der Waals surface area contributed by atoms with E-state index in [1.807, 2.05) is 0 Å². The number of hydrogen-bond donors (Lipinski definition) is 0. The van der Waals surface area contributed by atoms with Gasteiger partial charge in [-0.15, -0.1) is 0 Å². The van der Waals surface area contributed by atoms with Crippen LogP contribution < -0.4 is 0 Å². The zero-order chi connectivity index (χ0) is 55.7. The standard InChI is InChI=1S/C81H60N2/c1-51-19-37-63(38-20-51)83-77-18-12-10-16-69(77)71-46-57(36-44-79(71)83)59-32-40-65-67-42-34-61(50-75(67)81(4,5)73(65)48-59)60-33-41-66-64-39-31-58(47-72(64)80(2,3)74(66)49-60)55-29-25-53(26-30-55)22-21-52-23-27-54(28-24-52)56-35-43-78-70(45-56)68-15-9-11-17-76(68)82(78)62-13-7-6-8-14-62/h6-50H,1-5H3/b22-21+. The Hall–Kier alpha value is -10.0. The van der Waals surface area contributed by atoms with E-state index in [9.17, 15) is 0 Å². The van der Waals surface area contributed by atoms with Crippen LogP contribution in [0.15, 0.2) is 261 Å². The third-order valence-electron chi connectivity index (χ3n) is 18.6. The largest absolute Gasteiger partial charge is 0.309 e. The van der Waals surface area contributed by atoms with Crippen LogP contribution in [-0.2, 0) is 10.8 Å². The molecule has 0 atom stereocenters. The van der Waals surface area contributed by atoms with Gasteiger partial charge in [0.2, 0.25) is 0 Å². The second kappa shape index (κ2) is 18.5. The lowest BCUT2D eigenvalue weighted by Gasteiger charge is -2.24. The molecular weight excluding hydrogens is 1000 g/mol. The molecule has 394 valence electrons. The lowest BCUT2D eigenvalue weighted by molar-refractivity contribution is 0.660. The molecule has 0 N–H and O–H groups in total. The summed E-state index contributed by atoms with van der Waals surface area (Å²) in [4.78, 5) is 0. The van der Waals surface area contributed by atoms with Gasteiger partial charge in [0.15, 0.2) is 0 Å². The normalized spacial score (nSPS) is 13.7. The van der Waals surface area contributed by atoms with Crippen molar-refractivity contribution in [2.45, 2.75) is 45.4 Å². The molecule has 2 heteroatoms. The molecular formula is C81H60N2. The summed E-state index contributed by atoms with van der Waals surface area (Å²) >= 11 is 0. The van der Waals surface area contributed by atoms with Crippen LogP contribution in [0.1, 0.15) is 66.6 Å². The highest BCUT2D eigenvalue weighted by molar-refractivity contribution is 6.12. The second-order valence-electron chi connectivity index (χ2n) is 24.2. The van der Waals surface area contributed by atoms with Crippen LogP contribution in [0.5, 0.6) is 0 Å². The minimum atomic E-state index is -0.169. The van der Waals surface area contributed by atoms with E-state index < -0.39 is 0 Å². The molecule has 0 fully saturated rings. The molecule has 0 spiro atoms. The molecule has 0 unspecified atom stereocenters. The van der Waals surface area contributed by atoms with Crippen LogP contribution >= 0.6 is 0 Å². The predicted molar refractivity (Wildman–Crippen MR) is 352 cm³/mol. The Bertz CT molecular complexity index is 4980. The maximum Gasteiger partial charge on any atom is 0.0541 e. The average Bonchev–Trinajstić information content (AvgIpc) is 2.91. The van der Waals surface area contributed by atoms with Gasteiger partial charge in [0, 0.05) is 43.7 Å². The van der Waals surface area contributed by atoms with Gasteiger partial charge in [-0.1, -0.05) is 221 Å². The van der Waals surface area contributed by atoms with E-state index in [1.54, 1.807) is 0 Å². The number of para-hydroxylation sites is 3. The molecule has 2 aliphatic rings. The van der Waals surface area contributed by atoms with Crippen molar-refractivity contribution in [2.24, 2.45) is 0 Å². The van der Waals surface area contributed by atoms with Gasteiger partial charge < -0.3 is 9.13 Å². The molecule has 2 aliphatic carbocycles. The molecule has 12 aromatic carbocycles. The van der Waals surface area contributed by atoms with Gasteiger partial charge in [-0.2, -0.15) is 0 Å². The fourth-order valence-corrected chi connectivity index (χ4v) is 14.1. The number of benzene rings is 12. The quantitative estimate of drug-likeness (QED) is 0.134. The Balaban J connectivity index is 0.627. The zero-order valence-electron chi connectivity index (χ0n) is 47.4. The molecule has 0 radical (unpaired) electrons. The summed E-state index contributed by atoms with van der Waals surface area (Å²) in [5.74, 6) is 0. The van der Waals surface area contributed by atoms with Crippen LogP contribution in [0, 0.1) is 6.92 Å². The third-order valence-corrected chi connectivity index (χ3v) is 18.6. The minimum Gasteiger partial charge on any atom is -0.309 e. The Labute approximate surface area is 485 Å². The van der Waals surface area contributed by atoms with E-state index in [0.29, 0.717) is 0 Å². The monoisotopic (exact) mass is 1060 g/mol. The molecule has 2 heterocycles. The van der Waals surface area contributed by atoms with Gasteiger partial charge in [-0.3, -0.25) is 0 Å². The van der Waals surface area contributed by atoms with Crippen LogP contribution in [0.2, 0.25) is 0 Å². The summed E-state index contributed by atoms with van der Waals surface area (Å²) in [6.45, 7) is 11.8. The maximum atomic E-state index is 2.47. The van der Waals surface area contributed by atoms with Crippen LogP contribution in [0.4, 0.5) is 0 Å². The highest BCUT2D eigenvalue weighted by atomic mass is 15.0. The first kappa shape index (κ1) is 48.8. The van der Waals surface area contributed by atoms with Gasteiger partial charge in [-0.25, -0.2) is 0 Å². The Morgan fingerprint density at radius 2 is 0.578 bits per heavy atom. The number of nitrogens with zero attached hydrogens (tertiary/aromatic N) is 2. The Morgan fingerprint density at radius 3 is 1.00 bits per heavy atom. The van der Waals surface area contributed by atoms with E-state index in [2.05, 4.69) is 317 Å². The number of rotatable bonds is 8. The molecule has 2 nitrogen and oxygen atoms in total. The number of aryl methyl sites for hydroxylation is 1. The Kier molecular flexibility index (Phi) is 10.9. The van der Waals surface area contributed by atoms with Crippen molar-refractivity contribution in [3.8, 4) is 78.1 Å². The summed E-state index contributed by atoms with van der Waals surface area (Å²) in [5, 5.41) is 5.08. The highest BCUT2D eigenvalue weighted by Crippen LogP contribution is 2.53. The fraction of sp³-hybridized carbons (Fsp3) is 0.0864. The Morgan fingerprint density at radius 1 is 0.265 bits per heavy atom. The molecule has 0 saturated heterocycles. The molecule has 0 bridgehead atoms. The minimum absolute atomic E-state index is 0.161. The molecule has 0 aliphatic heterocycles. The van der Waals surface area contributed by atoms with Gasteiger partial charge in [0.1, 0.15) is 0 Å². The van der Waals surface area contributed by atoms with Crippen LogP contribution in [0.3, 0.4) is 0 Å². The second-order valence-corrected chi connectivity index (χ2v) is 24.2. The molecule has 14 aromatic rings. The first-order chi connectivity index (χ1) is 40.5. The number of hydrogen-bond acceptors (Lipinski definition) is 0. The average molecular weight is 1060 g/mol. The van der Waals surface area contributed by atoms with E-state index in [0.717, 1.165) is 0 Å². The SMILES string of the molecule is Cc1ccc(-n2c3ccccc3c3cc(-c4ccc5c(c4)C(C)(C)c4cc(-c6ccc7c(c6)C(C)(C)c6cc(-c8ccc(/C=C/c9ccc(-c%10ccc%11c(c%10)c%10ccccc%10n%11-c%10ccccc%10)cc9)cc8)ccc6-7)ccc4-5)ccc32)cc1. The lowest BCUT2D eigenvalue weighted by atomic mass is 9.79. The first-order valence-electron chi connectivity index (χ1n) is 29.2. The highest BCUT2D eigenvalue weighted by Gasteiger charge is 2.38. The summed E-state index contributed by atoms with van der Waals surface area (Å²) in [5.41, 5.74) is 31.3. The molecule has 0 saturated carbocycles. The van der Waals surface area contributed by atoms with Crippen molar-refractivity contribution >= 4 is 55.8 Å². The zero-order valence-corrected chi connectivity index (χ0v) is 47.4. The summed E-state index contributed by atoms with van der Waals surface area (Å²) in [6, 6.07) is 97.5. The molecule has 83 heavy (non-hydrogen) atoms.